The van der Waals surface area contributed by atoms with Crippen LogP contribution in [0.4, 0.5) is 0 Å². The summed E-state index contributed by atoms with van der Waals surface area (Å²) in [5.74, 6) is 0. The van der Waals surface area contributed by atoms with E-state index in [1.165, 1.54) is 19.4 Å². The van der Waals surface area contributed by atoms with Gasteiger partial charge in [-0.05, 0) is 19.1 Å². The Morgan fingerprint density at radius 2 is 2.20 bits per heavy atom. The van der Waals surface area contributed by atoms with Gasteiger partial charge in [0.05, 0.1) is 6.61 Å². The standard InChI is InChI=1S/C9H14N2O3S/c1-8-3-4-9(7-10-8)15(12,13)11-5-6-14-2/h3-4,7,11H,5-6H2,1-2H3. The number of nitrogens with zero attached hydrogens (tertiary/aromatic N) is 1. The fraction of sp³-hybridized carbons (Fsp3) is 0.444. The number of methoxy groups -OCH3 is 1. The monoisotopic (exact) mass is 230 g/mol. The maximum absolute atomic E-state index is 11.6. The van der Waals surface area contributed by atoms with Gasteiger partial charge in [0, 0.05) is 25.5 Å². The molecule has 0 saturated heterocycles. The smallest absolute Gasteiger partial charge is 0.242 e. The van der Waals surface area contributed by atoms with Crippen molar-refractivity contribution in [2.75, 3.05) is 20.3 Å². The molecule has 0 fully saturated rings. The number of aryl methyl sites for hydroxylation is 1. The second-order valence-corrected chi connectivity index (χ2v) is 4.79. The molecule has 0 bridgehead atoms. The van der Waals surface area contributed by atoms with Crippen molar-refractivity contribution in [1.29, 1.82) is 0 Å². The molecule has 0 radical (unpaired) electrons. The molecule has 0 spiro atoms. The summed E-state index contributed by atoms with van der Waals surface area (Å²) in [5, 5.41) is 0. The molecule has 84 valence electrons. The fourth-order valence-electron chi connectivity index (χ4n) is 0.975. The van der Waals surface area contributed by atoms with Crippen molar-refractivity contribution in [1.82, 2.24) is 9.71 Å². The minimum Gasteiger partial charge on any atom is -0.383 e. The minimum atomic E-state index is -3.44. The van der Waals surface area contributed by atoms with E-state index in [4.69, 9.17) is 4.74 Å². The van der Waals surface area contributed by atoms with E-state index in [0.717, 1.165) is 5.69 Å². The van der Waals surface area contributed by atoms with Crippen LogP contribution in [0, 0.1) is 6.92 Å². The number of ether oxygens (including phenoxy) is 1. The summed E-state index contributed by atoms with van der Waals surface area (Å²) in [5.41, 5.74) is 0.783. The van der Waals surface area contributed by atoms with Gasteiger partial charge in [-0.1, -0.05) is 0 Å². The normalized spacial score (nSPS) is 11.6. The molecule has 0 unspecified atom stereocenters. The lowest BCUT2D eigenvalue weighted by atomic mass is 10.4. The summed E-state index contributed by atoms with van der Waals surface area (Å²) < 4.78 is 30.4. The minimum absolute atomic E-state index is 0.171. The molecular weight excluding hydrogens is 216 g/mol. The fourth-order valence-corrected chi connectivity index (χ4v) is 1.93. The van der Waals surface area contributed by atoms with Crippen LogP contribution < -0.4 is 4.72 Å². The average Bonchev–Trinajstić information content (AvgIpc) is 2.18. The predicted molar refractivity (Wildman–Crippen MR) is 56.0 cm³/mol. The summed E-state index contributed by atoms with van der Waals surface area (Å²) in [6.45, 7) is 2.40. The van der Waals surface area contributed by atoms with Crippen LogP contribution in [0.2, 0.25) is 0 Å². The Balaban J connectivity index is 2.73. The second-order valence-electron chi connectivity index (χ2n) is 3.03. The quantitative estimate of drug-likeness (QED) is 0.739. The van der Waals surface area contributed by atoms with Gasteiger partial charge in [-0.3, -0.25) is 4.98 Å². The molecule has 1 aromatic heterocycles. The Labute approximate surface area is 89.5 Å². The summed E-state index contributed by atoms with van der Waals surface area (Å²) in [7, 11) is -1.93. The molecule has 0 aliphatic heterocycles. The Bertz CT molecular complexity index is 400. The molecule has 0 saturated carbocycles. The van der Waals surface area contributed by atoms with Crippen LogP contribution in [0.3, 0.4) is 0 Å². The van der Waals surface area contributed by atoms with Crippen LogP contribution in [-0.2, 0) is 14.8 Å². The molecule has 1 aromatic rings. The van der Waals surface area contributed by atoms with Crippen molar-refractivity contribution in [3.8, 4) is 0 Å². The van der Waals surface area contributed by atoms with Crippen LogP contribution in [0.1, 0.15) is 5.69 Å². The average molecular weight is 230 g/mol. The van der Waals surface area contributed by atoms with Crippen LogP contribution in [0.15, 0.2) is 23.2 Å². The van der Waals surface area contributed by atoms with E-state index in [2.05, 4.69) is 9.71 Å². The van der Waals surface area contributed by atoms with Crippen LogP contribution in [-0.4, -0.2) is 33.7 Å². The zero-order valence-electron chi connectivity index (χ0n) is 8.73. The molecule has 0 aliphatic carbocycles. The maximum Gasteiger partial charge on any atom is 0.242 e. The van der Waals surface area contributed by atoms with Crippen LogP contribution in [0.5, 0.6) is 0 Å². The molecule has 1 N–H and O–H groups in total. The van der Waals surface area contributed by atoms with Crippen molar-refractivity contribution in [2.45, 2.75) is 11.8 Å². The molecule has 5 nitrogen and oxygen atoms in total. The number of aromatic nitrogens is 1. The molecular formula is C9H14N2O3S. The van der Waals surface area contributed by atoms with Crippen molar-refractivity contribution in [3.05, 3.63) is 24.0 Å². The van der Waals surface area contributed by atoms with Crippen molar-refractivity contribution in [3.63, 3.8) is 0 Å². The van der Waals surface area contributed by atoms with E-state index in [1.54, 1.807) is 13.0 Å². The highest BCUT2D eigenvalue weighted by Crippen LogP contribution is 2.06. The molecule has 15 heavy (non-hydrogen) atoms. The van der Waals surface area contributed by atoms with Gasteiger partial charge in [-0.25, -0.2) is 13.1 Å². The highest BCUT2D eigenvalue weighted by atomic mass is 32.2. The topological polar surface area (TPSA) is 68.3 Å². The Hall–Kier alpha value is -0.980. The van der Waals surface area contributed by atoms with E-state index in [9.17, 15) is 8.42 Å². The van der Waals surface area contributed by atoms with Crippen LogP contribution >= 0.6 is 0 Å². The Kier molecular flexibility index (Phi) is 4.19. The first-order chi connectivity index (χ1) is 7.06. The zero-order chi connectivity index (χ0) is 11.3. The summed E-state index contributed by atoms with van der Waals surface area (Å²) in [6, 6.07) is 3.18. The van der Waals surface area contributed by atoms with Gasteiger partial charge < -0.3 is 4.74 Å². The number of hydrogen-bond donors (Lipinski definition) is 1. The van der Waals surface area contributed by atoms with Gasteiger partial charge in [0.2, 0.25) is 10.0 Å². The molecule has 1 heterocycles. The number of pyridine rings is 1. The van der Waals surface area contributed by atoms with Crippen molar-refractivity contribution < 1.29 is 13.2 Å². The largest absolute Gasteiger partial charge is 0.383 e. The number of nitrogens with one attached hydrogen (secondary N) is 1. The maximum atomic E-state index is 11.6. The number of rotatable bonds is 5. The van der Waals surface area contributed by atoms with Gasteiger partial charge in [0.25, 0.3) is 0 Å². The molecule has 0 atom stereocenters. The molecule has 0 aromatic carbocycles. The summed E-state index contributed by atoms with van der Waals surface area (Å²) in [6.07, 6.45) is 1.34. The third-order valence-electron chi connectivity index (χ3n) is 1.79. The highest BCUT2D eigenvalue weighted by molar-refractivity contribution is 7.89. The van der Waals surface area contributed by atoms with Crippen LogP contribution in [0.25, 0.3) is 0 Å². The van der Waals surface area contributed by atoms with E-state index in [0.29, 0.717) is 6.61 Å². The first-order valence-corrected chi connectivity index (χ1v) is 5.96. The van der Waals surface area contributed by atoms with Crippen molar-refractivity contribution >= 4 is 10.0 Å². The lowest BCUT2D eigenvalue weighted by Gasteiger charge is -2.05. The van der Waals surface area contributed by atoms with Gasteiger partial charge in [0.15, 0.2) is 0 Å². The SMILES string of the molecule is COCCNS(=O)(=O)c1ccc(C)nc1. The summed E-state index contributed by atoms with van der Waals surface area (Å²) >= 11 is 0. The van der Waals surface area contributed by atoms with Gasteiger partial charge in [-0.15, -0.1) is 0 Å². The van der Waals surface area contributed by atoms with Gasteiger partial charge in [0.1, 0.15) is 4.90 Å². The number of hydrogen-bond acceptors (Lipinski definition) is 4. The molecule has 1 rings (SSSR count). The third kappa shape index (κ3) is 3.58. The second kappa shape index (κ2) is 5.20. The predicted octanol–water partition coefficient (Wildman–Crippen LogP) is 0.315. The van der Waals surface area contributed by atoms with E-state index in [1.807, 2.05) is 0 Å². The lowest BCUT2D eigenvalue weighted by Crippen LogP contribution is -2.27. The third-order valence-corrected chi connectivity index (χ3v) is 3.24. The first-order valence-electron chi connectivity index (χ1n) is 4.47. The van der Waals surface area contributed by atoms with E-state index >= 15 is 0 Å². The summed E-state index contributed by atoms with van der Waals surface area (Å²) in [4.78, 5) is 4.09. The van der Waals surface area contributed by atoms with Gasteiger partial charge >= 0.3 is 0 Å². The van der Waals surface area contributed by atoms with E-state index in [-0.39, 0.29) is 11.4 Å². The van der Waals surface area contributed by atoms with E-state index < -0.39 is 10.0 Å². The molecule has 0 aliphatic rings. The zero-order valence-corrected chi connectivity index (χ0v) is 9.54. The molecule has 0 amide bonds. The first kappa shape index (κ1) is 12.1. The number of sulfonamides is 1. The Morgan fingerprint density at radius 1 is 1.47 bits per heavy atom. The highest BCUT2D eigenvalue weighted by Gasteiger charge is 2.12. The Morgan fingerprint density at radius 3 is 2.73 bits per heavy atom. The van der Waals surface area contributed by atoms with Crippen molar-refractivity contribution in [2.24, 2.45) is 0 Å². The lowest BCUT2D eigenvalue weighted by molar-refractivity contribution is 0.204. The van der Waals surface area contributed by atoms with Gasteiger partial charge in [-0.2, -0.15) is 0 Å². The molecule has 6 heteroatoms.